The Morgan fingerprint density at radius 2 is 1.50 bits per heavy atom. The molecule has 0 atom stereocenters. The predicted molar refractivity (Wildman–Crippen MR) is 36.5 cm³/mol. The van der Waals surface area contributed by atoms with E-state index >= 15 is 0 Å². The topological polar surface area (TPSA) is 66.5 Å². The lowest BCUT2D eigenvalue weighted by Crippen LogP contribution is -1.78. The van der Waals surface area contributed by atoms with E-state index in [1.165, 1.54) is 0 Å². The summed E-state index contributed by atoms with van der Waals surface area (Å²) in [7, 11) is -2.12. The maximum absolute atomic E-state index is 7.45. The smallest absolute Gasteiger partial charge is 0.247 e. The molecule has 0 saturated heterocycles. The Balaban J connectivity index is 0. The van der Waals surface area contributed by atoms with Crippen LogP contribution in [-0.2, 0) is 0 Å². The third-order valence-corrected chi connectivity index (χ3v) is 0. The minimum absolute atomic E-state index is 0.306. The lowest BCUT2D eigenvalue weighted by atomic mass is 10.6. The number of halogens is 1. The molecule has 4 N–H and O–H groups in total. The highest BCUT2D eigenvalue weighted by atomic mass is 35.5. The molecule has 52 valence electrons. The van der Waals surface area contributed by atoms with Gasteiger partial charge in [-0.1, -0.05) is 0 Å². The number of nitrogens with two attached hydrogens (primary N) is 1. The maximum atomic E-state index is 7.45. The molecule has 0 radical (unpaired) electrons. The Morgan fingerprint density at radius 1 is 1.50 bits per heavy atom. The van der Waals surface area contributed by atoms with Gasteiger partial charge in [0.2, 0.25) is 8.53 Å². The molecule has 0 rings (SSSR count). The van der Waals surface area contributed by atoms with Crippen LogP contribution in [0.5, 0.6) is 0 Å². The second kappa shape index (κ2) is 7.60. The minimum atomic E-state index is -2.12. The van der Waals surface area contributed by atoms with Crippen molar-refractivity contribution >= 4 is 20.1 Å². The van der Waals surface area contributed by atoms with Crippen LogP contribution in [-0.4, -0.2) is 15.2 Å². The molecule has 0 amide bonds. The van der Waals surface area contributed by atoms with Gasteiger partial charge in [0.1, 0.15) is 0 Å². The normalized spacial score (nSPS) is 9.00. The summed E-state index contributed by atoms with van der Waals surface area (Å²) in [6.45, 7) is 3.86. The second-order valence-electron chi connectivity index (χ2n) is 1.33. The molecule has 0 aromatic heterocycles. The molecule has 0 aromatic rings. The zero-order chi connectivity index (χ0) is 7.15. The third-order valence-electron chi connectivity index (χ3n) is 0. The van der Waals surface area contributed by atoms with Gasteiger partial charge in [-0.05, 0) is 13.8 Å². The molecular formula is C3H11ClNO2P. The van der Waals surface area contributed by atoms with Crippen molar-refractivity contribution in [1.29, 1.82) is 0 Å². The van der Waals surface area contributed by atoms with E-state index in [0.29, 0.717) is 5.38 Å². The summed E-state index contributed by atoms with van der Waals surface area (Å²) >= 11 is 5.27. The molecule has 0 spiro atoms. The number of hydrogen-bond acceptors (Lipinski definition) is 3. The Hall–Kier alpha value is 0.600. The Kier molecular flexibility index (Phi) is 10.8. The Labute approximate surface area is 55.4 Å². The molecule has 5 heteroatoms. The minimum Gasteiger partial charge on any atom is -0.338 e. The van der Waals surface area contributed by atoms with Crippen LogP contribution in [0.25, 0.3) is 0 Å². The Morgan fingerprint density at radius 3 is 1.50 bits per heavy atom. The maximum Gasteiger partial charge on any atom is 0.247 e. The Bertz CT molecular complexity index is 32.8. The summed E-state index contributed by atoms with van der Waals surface area (Å²) in [5.74, 6) is 0. The lowest BCUT2D eigenvalue weighted by molar-refractivity contribution is 0.485. The van der Waals surface area contributed by atoms with Crippen LogP contribution in [0.15, 0.2) is 0 Å². The number of hydrogen-bond donors (Lipinski definition) is 3. The molecule has 0 aliphatic heterocycles. The molecule has 0 aliphatic rings. The molecule has 3 nitrogen and oxygen atoms in total. The van der Waals surface area contributed by atoms with Gasteiger partial charge in [0.05, 0.1) is 0 Å². The van der Waals surface area contributed by atoms with Crippen molar-refractivity contribution in [2.45, 2.75) is 19.2 Å². The van der Waals surface area contributed by atoms with Crippen LogP contribution in [0.2, 0.25) is 0 Å². The molecule has 0 heterocycles. The molecular weight excluding hydrogens is 148 g/mol. The van der Waals surface area contributed by atoms with Gasteiger partial charge < -0.3 is 9.79 Å². The van der Waals surface area contributed by atoms with Gasteiger partial charge in [-0.25, -0.2) is 0 Å². The van der Waals surface area contributed by atoms with E-state index in [2.05, 4.69) is 5.50 Å². The highest BCUT2D eigenvalue weighted by molar-refractivity contribution is 7.42. The van der Waals surface area contributed by atoms with Crippen LogP contribution in [0.1, 0.15) is 13.8 Å². The van der Waals surface area contributed by atoms with Gasteiger partial charge in [0, 0.05) is 5.38 Å². The average Bonchev–Trinajstić information content (AvgIpc) is 1.25. The summed E-state index contributed by atoms with van der Waals surface area (Å²) in [5.41, 5.74) is 4.29. The van der Waals surface area contributed by atoms with Gasteiger partial charge in [0.25, 0.3) is 0 Å². The standard InChI is InChI=1S/C3H7Cl.H4NO2P/c1-3(2)4;1-4(2)3/h3H,1-2H3;2-3H,1H2. The van der Waals surface area contributed by atoms with Gasteiger partial charge in [-0.2, -0.15) is 0 Å². The van der Waals surface area contributed by atoms with E-state index in [1.54, 1.807) is 0 Å². The predicted octanol–water partition coefficient (Wildman–Crippen LogP) is 0.790. The van der Waals surface area contributed by atoms with E-state index in [9.17, 15) is 0 Å². The first-order valence-corrected chi connectivity index (χ1v) is 3.78. The van der Waals surface area contributed by atoms with Crippen molar-refractivity contribution in [3.63, 3.8) is 0 Å². The van der Waals surface area contributed by atoms with Crippen molar-refractivity contribution in [3.05, 3.63) is 0 Å². The molecule has 0 aliphatic carbocycles. The van der Waals surface area contributed by atoms with Crippen LogP contribution >= 0.6 is 20.1 Å². The lowest BCUT2D eigenvalue weighted by Gasteiger charge is -1.79. The second-order valence-corrected chi connectivity index (χ2v) is 2.85. The number of alkyl halides is 1. The fourth-order valence-corrected chi connectivity index (χ4v) is 0. The van der Waals surface area contributed by atoms with Crippen LogP contribution in [0.3, 0.4) is 0 Å². The number of rotatable bonds is 0. The third kappa shape index (κ3) is 575. The highest BCUT2D eigenvalue weighted by Crippen LogP contribution is 2.05. The van der Waals surface area contributed by atoms with Crippen molar-refractivity contribution in [3.8, 4) is 0 Å². The summed E-state index contributed by atoms with van der Waals surface area (Å²) < 4.78 is 0. The van der Waals surface area contributed by atoms with Crippen LogP contribution in [0, 0.1) is 0 Å². The summed E-state index contributed by atoms with van der Waals surface area (Å²) in [5, 5.41) is 0.306. The quantitative estimate of drug-likeness (QED) is 0.362. The zero-order valence-corrected chi connectivity index (χ0v) is 6.52. The first-order chi connectivity index (χ1) is 3.46. The van der Waals surface area contributed by atoms with E-state index in [-0.39, 0.29) is 0 Å². The SMILES string of the molecule is CC(C)Cl.NP(O)O. The van der Waals surface area contributed by atoms with Crippen molar-refractivity contribution in [1.82, 2.24) is 0 Å². The van der Waals surface area contributed by atoms with Crippen LogP contribution < -0.4 is 5.50 Å². The van der Waals surface area contributed by atoms with E-state index in [0.717, 1.165) is 0 Å². The monoisotopic (exact) mass is 159 g/mol. The molecule has 0 bridgehead atoms. The highest BCUT2D eigenvalue weighted by Gasteiger charge is 1.72. The van der Waals surface area contributed by atoms with Crippen molar-refractivity contribution in [2.75, 3.05) is 0 Å². The fourth-order valence-electron chi connectivity index (χ4n) is 0. The van der Waals surface area contributed by atoms with Gasteiger partial charge in [-0.3, -0.25) is 5.50 Å². The molecule has 0 saturated carbocycles. The van der Waals surface area contributed by atoms with Gasteiger partial charge in [-0.15, -0.1) is 11.6 Å². The van der Waals surface area contributed by atoms with E-state index in [4.69, 9.17) is 21.4 Å². The largest absolute Gasteiger partial charge is 0.338 e. The van der Waals surface area contributed by atoms with Gasteiger partial charge >= 0.3 is 0 Å². The molecule has 8 heavy (non-hydrogen) atoms. The first kappa shape index (κ1) is 11.4. The zero-order valence-electron chi connectivity index (χ0n) is 4.87. The molecule has 0 aromatic carbocycles. The van der Waals surface area contributed by atoms with Crippen molar-refractivity contribution < 1.29 is 9.79 Å². The van der Waals surface area contributed by atoms with Gasteiger partial charge in [0.15, 0.2) is 0 Å². The van der Waals surface area contributed by atoms with Crippen molar-refractivity contribution in [2.24, 2.45) is 5.50 Å². The average molecular weight is 160 g/mol. The fraction of sp³-hybridized carbons (Fsp3) is 1.00. The summed E-state index contributed by atoms with van der Waals surface area (Å²) in [6, 6.07) is 0. The van der Waals surface area contributed by atoms with Crippen LogP contribution in [0.4, 0.5) is 0 Å². The molecule has 0 fully saturated rings. The first-order valence-electron chi connectivity index (χ1n) is 2.03. The van der Waals surface area contributed by atoms with E-state index < -0.39 is 8.53 Å². The summed E-state index contributed by atoms with van der Waals surface area (Å²) in [4.78, 5) is 14.9. The van der Waals surface area contributed by atoms with E-state index in [1.807, 2.05) is 13.8 Å². The molecule has 0 unspecified atom stereocenters. The summed E-state index contributed by atoms with van der Waals surface area (Å²) in [6.07, 6.45) is 0.